The second kappa shape index (κ2) is 7.74. The summed E-state index contributed by atoms with van der Waals surface area (Å²) < 4.78 is 5.37. The Morgan fingerprint density at radius 2 is 2.06 bits per heavy atom. The van der Waals surface area contributed by atoms with E-state index in [4.69, 9.17) is 4.74 Å². The van der Waals surface area contributed by atoms with Gasteiger partial charge in [0.2, 0.25) is 5.91 Å². The number of carbonyl (C=O) groups is 1. The molecule has 1 heterocycles. The van der Waals surface area contributed by atoms with E-state index in [-0.39, 0.29) is 11.9 Å². The number of hydrogen-bond donors (Lipinski definition) is 2. The van der Waals surface area contributed by atoms with Crippen LogP contribution < -0.4 is 10.6 Å². The first kappa shape index (κ1) is 15.4. The highest BCUT2D eigenvalue weighted by atomic mass is 16.5. The van der Waals surface area contributed by atoms with Crippen molar-refractivity contribution in [2.24, 2.45) is 11.8 Å². The molecule has 0 aromatic heterocycles. The normalized spacial score (nSPS) is 23.1. The monoisotopic (exact) mass is 256 g/mol. The first-order chi connectivity index (χ1) is 8.50. The molecule has 1 aliphatic heterocycles. The summed E-state index contributed by atoms with van der Waals surface area (Å²) in [7, 11) is 0. The fourth-order valence-corrected chi connectivity index (χ4v) is 2.19. The second-order valence-electron chi connectivity index (χ2n) is 5.77. The molecular formula is C14H28N2O2. The van der Waals surface area contributed by atoms with Crippen molar-refractivity contribution < 1.29 is 9.53 Å². The predicted octanol–water partition coefficient (Wildman–Crippen LogP) is 1.55. The van der Waals surface area contributed by atoms with Crippen LogP contribution in [0.25, 0.3) is 0 Å². The summed E-state index contributed by atoms with van der Waals surface area (Å²) in [5.74, 6) is 1.26. The first-order valence-corrected chi connectivity index (χ1v) is 7.12. The van der Waals surface area contributed by atoms with E-state index in [1.54, 1.807) is 0 Å². The summed E-state index contributed by atoms with van der Waals surface area (Å²) in [5, 5.41) is 6.34. The molecule has 0 aliphatic carbocycles. The molecule has 1 fully saturated rings. The van der Waals surface area contributed by atoms with Crippen LogP contribution in [0.3, 0.4) is 0 Å². The van der Waals surface area contributed by atoms with Gasteiger partial charge in [0, 0.05) is 19.2 Å². The molecule has 0 aromatic rings. The van der Waals surface area contributed by atoms with Gasteiger partial charge in [0.15, 0.2) is 0 Å². The maximum Gasteiger partial charge on any atom is 0.236 e. The highest BCUT2D eigenvalue weighted by Gasteiger charge is 2.24. The topological polar surface area (TPSA) is 50.4 Å². The van der Waals surface area contributed by atoms with Crippen molar-refractivity contribution in [3.8, 4) is 0 Å². The van der Waals surface area contributed by atoms with Crippen LogP contribution in [0.1, 0.15) is 40.5 Å². The zero-order chi connectivity index (χ0) is 13.5. The van der Waals surface area contributed by atoms with E-state index < -0.39 is 0 Å². The Balaban J connectivity index is 2.21. The van der Waals surface area contributed by atoms with E-state index in [1.165, 1.54) is 0 Å². The Labute approximate surface area is 111 Å². The average molecular weight is 256 g/mol. The van der Waals surface area contributed by atoms with E-state index in [9.17, 15) is 4.79 Å². The molecule has 0 radical (unpaired) electrons. The van der Waals surface area contributed by atoms with Crippen LogP contribution in [0.5, 0.6) is 0 Å². The van der Waals surface area contributed by atoms with Gasteiger partial charge in [-0.05, 0) is 38.5 Å². The minimum absolute atomic E-state index is 0.0985. The fraction of sp³-hybridized carbons (Fsp3) is 0.929. The first-order valence-electron chi connectivity index (χ1n) is 7.12. The summed E-state index contributed by atoms with van der Waals surface area (Å²) in [4.78, 5) is 11.9. The molecule has 4 heteroatoms. The van der Waals surface area contributed by atoms with Gasteiger partial charge >= 0.3 is 0 Å². The third kappa shape index (κ3) is 5.36. The van der Waals surface area contributed by atoms with Crippen LogP contribution in [0.15, 0.2) is 0 Å². The van der Waals surface area contributed by atoms with Gasteiger partial charge in [-0.15, -0.1) is 0 Å². The molecule has 0 spiro atoms. The van der Waals surface area contributed by atoms with Crippen LogP contribution in [-0.4, -0.2) is 37.7 Å². The zero-order valence-corrected chi connectivity index (χ0v) is 12.2. The van der Waals surface area contributed by atoms with Gasteiger partial charge in [-0.1, -0.05) is 13.8 Å². The quantitative estimate of drug-likeness (QED) is 0.726. The van der Waals surface area contributed by atoms with Crippen molar-refractivity contribution in [3.63, 3.8) is 0 Å². The van der Waals surface area contributed by atoms with Crippen LogP contribution in [0.2, 0.25) is 0 Å². The zero-order valence-electron chi connectivity index (χ0n) is 12.2. The summed E-state index contributed by atoms with van der Waals surface area (Å²) >= 11 is 0. The minimum Gasteiger partial charge on any atom is -0.381 e. The molecule has 0 aromatic carbocycles. The van der Waals surface area contributed by atoms with Gasteiger partial charge < -0.3 is 15.4 Å². The van der Waals surface area contributed by atoms with Crippen molar-refractivity contribution in [2.75, 3.05) is 19.8 Å². The van der Waals surface area contributed by atoms with Gasteiger partial charge in [0.1, 0.15) is 0 Å². The summed E-state index contributed by atoms with van der Waals surface area (Å²) in [5.41, 5.74) is 0. The molecule has 3 unspecified atom stereocenters. The lowest BCUT2D eigenvalue weighted by Gasteiger charge is -2.23. The maximum absolute atomic E-state index is 11.9. The third-order valence-corrected chi connectivity index (χ3v) is 3.60. The molecule has 1 rings (SSSR count). The highest BCUT2D eigenvalue weighted by molar-refractivity contribution is 5.81. The van der Waals surface area contributed by atoms with Crippen molar-refractivity contribution in [3.05, 3.63) is 0 Å². The van der Waals surface area contributed by atoms with Crippen molar-refractivity contribution in [1.82, 2.24) is 10.6 Å². The molecule has 106 valence electrons. The largest absolute Gasteiger partial charge is 0.381 e. The number of rotatable bonds is 7. The Morgan fingerprint density at radius 1 is 1.33 bits per heavy atom. The summed E-state index contributed by atoms with van der Waals surface area (Å²) in [6.07, 6.45) is 2.13. The average Bonchev–Trinajstić information content (AvgIpc) is 2.81. The summed E-state index contributed by atoms with van der Waals surface area (Å²) in [6, 6.07) is 0.200. The van der Waals surface area contributed by atoms with E-state index in [0.717, 1.165) is 32.6 Å². The second-order valence-corrected chi connectivity index (χ2v) is 5.77. The third-order valence-electron chi connectivity index (χ3n) is 3.60. The van der Waals surface area contributed by atoms with Crippen molar-refractivity contribution in [1.29, 1.82) is 0 Å². The number of hydrogen-bond acceptors (Lipinski definition) is 3. The molecule has 3 atom stereocenters. The Hall–Kier alpha value is -0.610. The number of nitrogens with one attached hydrogen (secondary N) is 2. The minimum atomic E-state index is -0.132. The van der Waals surface area contributed by atoms with Gasteiger partial charge in [-0.3, -0.25) is 4.79 Å². The van der Waals surface area contributed by atoms with E-state index >= 15 is 0 Å². The Bertz CT molecular complexity index is 250. The smallest absolute Gasteiger partial charge is 0.236 e. The van der Waals surface area contributed by atoms with Crippen molar-refractivity contribution >= 4 is 5.91 Å². The molecule has 2 N–H and O–H groups in total. The fourth-order valence-electron chi connectivity index (χ4n) is 2.19. The molecular weight excluding hydrogens is 228 g/mol. The highest BCUT2D eigenvalue weighted by Crippen LogP contribution is 2.16. The Morgan fingerprint density at radius 3 is 2.61 bits per heavy atom. The van der Waals surface area contributed by atoms with Gasteiger partial charge in [-0.25, -0.2) is 0 Å². The van der Waals surface area contributed by atoms with E-state index in [0.29, 0.717) is 17.9 Å². The van der Waals surface area contributed by atoms with Crippen LogP contribution in [0, 0.1) is 11.8 Å². The lowest BCUT2D eigenvalue weighted by molar-refractivity contribution is -0.123. The van der Waals surface area contributed by atoms with Gasteiger partial charge in [0.25, 0.3) is 0 Å². The Kier molecular flexibility index (Phi) is 6.65. The lowest BCUT2D eigenvalue weighted by Crippen LogP contribution is -2.48. The number of amides is 1. The summed E-state index contributed by atoms with van der Waals surface area (Å²) in [6.45, 7) is 10.8. The lowest BCUT2D eigenvalue weighted by atomic mass is 10.00. The van der Waals surface area contributed by atoms with Crippen molar-refractivity contribution in [2.45, 2.75) is 52.6 Å². The molecule has 0 saturated carbocycles. The van der Waals surface area contributed by atoms with Crippen LogP contribution in [-0.2, 0) is 9.53 Å². The van der Waals surface area contributed by atoms with Crippen LogP contribution >= 0.6 is 0 Å². The number of carbonyl (C=O) groups excluding carboxylic acids is 1. The van der Waals surface area contributed by atoms with Crippen LogP contribution in [0.4, 0.5) is 0 Å². The maximum atomic E-state index is 11.9. The van der Waals surface area contributed by atoms with E-state index in [2.05, 4.69) is 31.4 Å². The molecule has 1 amide bonds. The molecule has 18 heavy (non-hydrogen) atoms. The van der Waals surface area contributed by atoms with Gasteiger partial charge in [0.05, 0.1) is 12.6 Å². The standard InChI is InChI=1S/C14H28N2O2/c1-10(2)5-7-15-14(17)12(4)16-11(3)13-6-8-18-9-13/h10-13,16H,5-9H2,1-4H3,(H,15,17). The van der Waals surface area contributed by atoms with E-state index in [1.807, 2.05) is 6.92 Å². The molecule has 0 bridgehead atoms. The molecule has 1 aliphatic rings. The molecule has 4 nitrogen and oxygen atoms in total. The number of ether oxygens (including phenoxy) is 1. The molecule has 1 saturated heterocycles. The SMILES string of the molecule is CC(C)CCNC(=O)C(C)NC(C)C1CCOC1. The van der Waals surface area contributed by atoms with Gasteiger partial charge in [-0.2, -0.15) is 0 Å². The predicted molar refractivity (Wildman–Crippen MR) is 73.5 cm³/mol.